The normalized spacial score (nSPS) is 16.1. The molecule has 150 valence electrons. The van der Waals surface area contributed by atoms with Crippen LogP contribution in [0.5, 0.6) is 11.5 Å². The van der Waals surface area contributed by atoms with E-state index in [1.54, 1.807) is 30.6 Å². The number of aryl methyl sites for hydroxylation is 1. The molecule has 6 heteroatoms. The van der Waals surface area contributed by atoms with Crippen molar-refractivity contribution >= 4 is 32.4 Å². The van der Waals surface area contributed by atoms with Gasteiger partial charge in [-0.1, -0.05) is 35.6 Å². The molecule has 5 nitrogen and oxygen atoms in total. The van der Waals surface area contributed by atoms with Gasteiger partial charge in [0.05, 0.1) is 29.1 Å². The number of hydrogen-bond acceptors (Lipinski definition) is 6. The molecule has 0 saturated carbocycles. The first kappa shape index (κ1) is 18.6. The maximum atomic E-state index is 9.64. The number of hydrazone groups is 1. The van der Waals surface area contributed by atoms with Crippen LogP contribution in [0, 0.1) is 6.92 Å². The van der Waals surface area contributed by atoms with Crippen LogP contribution in [-0.2, 0) is 0 Å². The van der Waals surface area contributed by atoms with Gasteiger partial charge in [-0.2, -0.15) is 5.10 Å². The van der Waals surface area contributed by atoms with Crippen LogP contribution < -0.4 is 9.75 Å². The summed E-state index contributed by atoms with van der Waals surface area (Å²) in [6.45, 7) is 2.09. The van der Waals surface area contributed by atoms with Gasteiger partial charge in [0.25, 0.3) is 0 Å². The summed E-state index contributed by atoms with van der Waals surface area (Å²) < 4.78 is 6.48. The first-order valence-corrected chi connectivity index (χ1v) is 10.6. The fourth-order valence-corrected chi connectivity index (χ4v) is 4.82. The topological polar surface area (TPSA) is 58.0 Å². The van der Waals surface area contributed by atoms with E-state index < -0.39 is 0 Å². The van der Waals surface area contributed by atoms with E-state index >= 15 is 0 Å². The maximum Gasteiger partial charge on any atom is 0.207 e. The van der Waals surface area contributed by atoms with E-state index in [2.05, 4.69) is 37.3 Å². The lowest BCUT2D eigenvalue weighted by Gasteiger charge is -2.21. The molecule has 1 N–H and O–H groups in total. The van der Waals surface area contributed by atoms with Crippen LogP contribution in [0.3, 0.4) is 0 Å². The average molecular weight is 416 g/mol. The molecular weight excluding hydrogens is 394 g/mol. The van der Waals surface area contributed by atoms with Crippen LogP contribution in [0.1, 0.15) is 29.2 Å². The lowest BCUT2D eigenvalue weighted by molar-refractivity contribution is 0.414. The van der Waals surface area contributed by atoms with E-state index in [4.69, 9.17) is 14.8 Å². The lowest BCUT2D eigenvalue weighted by atomic mass is 9.98. The minimum absolute atomic E-state index is 0.0422. The van der Waals surface area contributed by atoms with Crippen molar-refractivity contribution in [1.82, 2.24) is 4.98 Å². The molecule has 1 aliphatic rings. The number of benzene rings is 3. The number of anilines is 1. The summed E-state index contributed by atoms with van der Waals surface area (Å²) in [7, 11) is 1.67. The van der Waals surface area contributed by atoms with Crippen molar-refractivity contribution in [3.8, 4) is 11.5 Å². The molecule has 5 rings (SSSR count). The first-order chi connectivity index (χ1) is 14.6. The second kappa shape index (κ2) is 7.46. The Bertz CT molecular complexity index is 1230. The smallest absolute Gasteiger partial charge is 0.207 e. The van der Waals surface area contributed by atoms with Gasteiger partial charge in [0.2, 0.25) is 5.13 Å². The van der Waals surface area contributed by atoms with Gasteiger partial charge < -0.3 is 9.84 Å². The summed E-state index contributed by atoms with van der Waals surface area (Å²) in [4.78, 5) is 4.92. The molecule has 1 aromatic heterocycles. The highest BCUT2D eigenvalue weighted by atomic mass is 32.1. The van der Waals surface area contributed by atoms with E-state index in [1.165, 1.54) is 0 Å². The molecule has 0 radical (unpaired) electrons. The molecule has 0 amide bonds. The van der Waals surface area contributed by atoms with E-state index in [0.29, 0.717) is 0 Å². The van der Waals surface area contributed by atoms with E-state index in [9.17, 15) is 5.11 Å². The summed E-state index contributed by atoms with van der Waals surface area (Å²) in [6, 6.07) is 21.6. The van der Waals surface area contributed by atoms with E-state index in [-0.39, 0.29) is 11.8 Å². The van der Waals surface area contributed by atoms with Gasteiger partial charge in [-0.15, -0.1) is 0 Å². The molecule has 2 heterocycles. The number of nitrogens with zero attached hydrogens (tertiary/aromatic N) is 3. The zero-order valence-electron chi connectivity index (χ0n) is 16.7. The highest BCUT2D eigenvalue weighted by Crippen LogP contribution is 2.41. The van der Waals surface area contributed by atoms with Crippen LogP contribution in [0.25, 0.3) is 10.2 Å². The van der Waals surface area contributed by atoms with E-state index in [1.807, 2.05) is 29.3 Å². The third kappa shape index (κ3) is 3.29. The fourth-order valence-electron chi connectivity index (χ4n) is 3.77. The predicted octanol–water partition coefficient (Wildman–Crippen LogP) is 5.67. The lowest BCUT2D eigenvalue weighted by Crippen LogP contribution is -2.18. The molecule has 3 aromatic carbocycles. The first-order valence-electron chi connectivity index (χ1n) is 9.78. The zero-order chi connectivity index (χ0) is 20.7. The molecule has 1 unspecified atom stereocenters. The molecule has 0 bridgehead atoms. The van der Waals surface area contributed by atoms with Crippen molar-refractivity contribution in [3.05, 3.63) is 83.4 Å². The minimum Gasteiger partial charge on any atom is -0.508 e. The predicted molar refractivity (Wildman–Crippen MR) is 122 cm³/mol. The number of para-hydroxylation sites is 1. The summed E-state index contributed by atoms with van der Waals surface area (Å²) in [5, 5.41) is 17.5. The van der Waals surface area contributed by atoms with Gasteiger partial charge in [-0.05, 0) is 66.1 Å². The van der Waals surface area contributed by atoms with E-state index in [0.717, 1.165) is 49.9 Å². The Morgan fingerprint density at radius 1 is 1.03 bits per heavy atom. The van der Waals surface area contributed by atoms with Crippen LogP contribution in [0.2, 0.25) is 0 Å². The largest absolute Gasteiger partial charge is 0.508 e. The number of hydrogen-bond donors (Lipinski definition) is 1. The SMILES string of the molecule is COc1ccc(C2CC(c3ccc(O)cc3)=NN2c2nc3c(C)cccc3s2)cc1. The quantitative estimate of drug-likeness (QED) is 0.466. The summed E-state index contributed by atoms with van der Waals surface area (Å²) in [5.74, 6) is 1.08. The number of phenols is 1. The monoisotopic (exact) mass is 415 g/mol. The van der Waals surface area contributed by atoms with Crippen molar-refractivity contribution in [1.29, 1.82) is 0 Å². The van der Waals surface area contributed by atoms with Crippen molar-refractivity contribution < 1.29 is 9.84 Å². The zero-order valence-corrected chi connectivity index (χ0v) is 17.6. The Balaban J connectivity index is 1.59. The number of phenolic OH excluding ortho intramolecular Hbond substituents is 1. The van der Waals surface area contributed by atoms with Crippen molar-refractivity contribution in [2.45, 2.75) is 19.4 Å². The summed E-state index contributed by atoms with van der Waals surface area (Å²) in [6.07, 6.45) is 0.756. The Labute approximate surface area is 178 Å². The number of methoxy groups -OCH3 is 1. The Morgan fingerprint density at radius 2 is 1.80 bits per heavy atom. The Hall–Kier alpha value is -3.38. The summed E-state index contributed by atoms with van der Waals surface area (Å²) >= 11 is 1.66. The number of ether oxygens (including phenoxy) is 1. The number of aromatic hydroxyl groups is 1. The molecule has 4 aromatic rings. The van der Waals surface area contributed by atoms with Gasteiger partial charge in [0.1, 0.15) is 11.5 Å². The van der Waals surface area contributed by atoms with Gasteiger partial charge in [0, 0.05) is 6.42 Å². The second-order valence-corrected chi connectivity index (χ2v) is 8.36. The molecule has 0 spiro atoms. The van der Waals surface area contributed by atoms with Gasteiger partial charge >= 0.3 is 0 Å². The second-order valence-electron chi connectivity index (χ2n) is 7.35. The van der Waals surface area contributed by atoms with Crippen LogP contribution in [-0.4, -0.2) is 22.9 Å². The maximum absolute atomic E-state index is 9.64. The number of aromatic nitrogens is 1. The molecular formula is C24H21N3O2S. The molecule has 0 saturated heterocycles. The Morgan fingerprint density at radius 3 is 2.50 bits per heavy atom. The van der Waals surface area contributed by atoms with Crippen molar-refractivity contribution in [2.24, 2.45) is 5.10 Å². The molecule has 1 aliphatic heterocycles. The van der Waals surface area contributed by atoms with Crippen LogP contribution >= 0.6 is 11.3 Å². The molecule has 0 fully saturated rings. The molecule has 0 aliphatic carbocycles. The fraction of sp³-hybridized carbons (Fsp3) is 0.167. The minimum atomic E-state index is 0.0422. The number of rotatable bonds is 4. The third-order valence-corrected chi connectivity index (χ3v) is 6.43. The standard InChI is InChI=1S/C24H21N3O2S/c1-15-4-3-5-22-23(15)25-24(30-22)27-21(17-8-12-19(29-2)13-9-17)14-20(26-27)16-6-10-18(28)11-7-16/h3-13,21,28H,14H2,1-2H3. The van der Waals surface area contributed by atoms with Crippen molar-refractivity contribution in [3.63, 3.8) is 0 Å². The third-order valence-electron chi connectivity index (χ3n) is 5.42. The highest BCUT2D eigenvalue weighted by Gasteiger charge is 2.32. The van der Waals surface area contributed by atoms with Gasteiger partial charge in [-0.3, -0.25) is 0 Å². The van der Waals surface area contributed by atoms with Gasteiger partial charge in [-0.25, -0.2) is 9.99 Å². The number of fused-ring (bicyclic) bond motifs is 1. The molecule has 30 heavy (non-hydrogen) atoms. The summed E-state index contributed by atoms with van der Waals surface area (Å²) in [5.41, 5.74) is 5.33. The van der Waals surface area contributed by atoms with Gasteiger partial charge in [0.15, 0.2) is 0 Å². The highest BCUT2D eigenvalue weighted by molar-refractivity contribution is 7.22. The Kier molecular flexibility index (Phi) is 4.64. The van der Waals surface area contributed by atoms with Crippen LogP contribution in [0.15, 0.2) is 71.8 Å². The average Bonchev–Trinajstić information content (AvgIpc) is 3.40. The number of thiazole rings is 1. The van der Waals surface area contributed by atoms with Crippen molar-refractivity contribution in [2.75, 3.05) is 12.1 Å². The molecule has 1 atom stereocenters. The van der Waals surface area contributed by atoms with Crippen LogP contribution in [0.4, 0.5) is 5.13 Å².